The fraction of sp³-hybridized carbons (Fsp3) is 0.167. The molecule has 2 rings (SSSR count). The van der Waals surface area contributed by atoms with E-state index in [0.717, 1.165) is 16.8 Å². The molecule has 0 saturated heterocycles. The van der Waals surface area contributed by atoms with Gasteiger partial charge in [0, 0.05) is 17.8 Å². The molecule has 0 aliphatic heterocycles. The summed E-state index contributed by atoms with van der Waals surface area (Å²) in [6.45, 7) is 2.30. The minimum absolute atomic E-state index is 0.277. The third-order valence-corrected chi connectivity index (χ3v) is 2.47. The molecule has 0 fully saturated rings. The zero-order chi connectivity index (χ0) is 13.0. The molecule has 0 bridgehead atoms. The van der Waals surface area contributed by atoms with E-state index >= 15 is 0 Å². The number of nitrogens with one attached hydrogen (secondary N) is 3. The Morgan fingerprint density at radius 3 is 3.00 bits per heavy atom. The van der Waals surface area contributed by atoms with Crippen LogP contribution in [0.3, 0.4) is 0 Å². The van der Waals surface area contributed by atoms with Crippen LogP contribution >= 0.6 is 0 Å². The van der Waals surface area contributed by atoms with Crippen molar-refractivity contribution < 1.29 is 4.79 Å². The fourth-order valence-corrected chi connectivity index (χ4v) is 1.54. The zero-order valence-electron chi connectivity index (χ0n) is 10.0. The highest BCUT2D eigenvalue weighted by atomic mass is 16.2. The van der Waals surface area contributed by atoms with Gasteiger partial charge in [-0.2, -0.15) is 5.10 Å². The molecule has 94 valence electrons. The molecule has 5 N–H and O–H groups in total. The normalized spacial score (nSPS) is 10.1. The lowest BCUT2D eigenvalue weighted by atomic mass is 10.2. The lowest BCUT2D eigenvalue weighted by molar-refractivity contribution is 0.252. The highest BCUT2D eigenvalue weighted by molar-refractivity contribution is 5.89. The largest absolute Gasteiger partial charge is 0.384 e. The molecular formula is C12H15N5O. The van der Waals surface area contributed by atoms with Gasteiger partial charge in [0.25, 0.3) is 0 Å². The van der Waals surface area contributed by atoms with Gasteiger partial charge in [-0.25, -0.2) is 4.79 Å². The topological polar surface area (TPSA) is 95.8 Å². The molecule has 0 aliphatic carbocycles. The van der Waals surface area contributed by atoms with Gasteiger partial charge in [0.15, 0.2) is 0 Å². The number of aryl methyl sites for hydroxylation is 1. The predicted molar refractivity (Wildman–Crippen MR) is 70.0 cm³/mol. The first-order valence-corrected chi connectivity index (χ1v) is 5.54. The van der Waals surface area contributed by atoms with Gasteiger partial charge in [-0.15, -0.1) is 0 Å². The molecule has 18 heavy (non-hydrogen) atoms. The number of hydrogen-bond acceptors (Lipinski definition) is 3. The maximum absolute atomic E-state index is 11.6. The summed E-state index contributed by atoms with van der Waals surface area (Å²) in [5.74, 6) is 0.464. The van der Waals surface area contributed by atoms with Crippen LogP contribution in [0.5, 0.6) is 0 Å². The molecular weight excluding hydrogens is 230 g/mol. The first-order valence-electron chi connectivity index (χ1n) is 5.54. The first kappa shape index (κ1) is 12.0. The summed E-state index contributed by atoms with van der Waals surface area (Å²) in [7, 11) is 0. The van der Waals surface area contributed by atoms with E-state index in [-0.39, 0.29) is 6.03 Å². The number of benzene rings is 1. The van der Waals surface area contributed by atoms with Crippen molar-refractivity contribution in [1.82, 2.24) is 15.5 Å². The minimum Gasteiger partial charge on any atom is -0.384 e. The molecule has 6 heteroatoms. The van der Waals surface area contributed by atoms with Gasteiger partial charge in [0.05, 0.1) is 6.20 Å². The molecule has 1 aromatic heterocycles. The van der Waals surface area contributed by atoms with Crippen molar-refractivity contribution in [2.24, 2.45) is 0 Å². The predicted octanol–water partition coefficient (Wildman–Crippen LogP) is 1.62. The van der Waals surface area contributed by atoms with E-state index in [2.05, 4.69) is 20.8 Å². The highest BCUT2D eigenvalue weighted by Crippen LogP contribution is 2.09. The van der Waals surface area contributed by atoms with Gasteiger partial charge in [0.2, 0.25) is 0 Å². The minimum atomic E-state index is -0.277. The molecule has 0 aliphatic rings. The second-order valence-corrected chi connectivity index (χ2v) is 3.99. The number of H-pyrrole nitrogens is 1. The Bertz CT molecular complexity index is 549. The van der Waals surface area contributed by atoms with Crippen molar-refractivity contribution in [3.05, 3.63) is 41.6 Å². The molecule has 2 amide bonds. The van der Waals surface area contributed by atoms with Gasteiger partial charge in [0.1, 0.15) is 5.82 Å². The van der Waals surface area contributed by atoms with Crippen molar-refractivity contribution in [2.45, 2.75) is 13.5 Å². The first-order chi connectivity index (χ1) is 8.65. The summed E-state index contributed by atoms with van der Waals surface area (Å²) in [6, 6.07) is 7.31. The van der Waals surface area contributed by atoms with Crippen LogP contribution in [0.4, 0.5) is 16.3 Å². The monoisotopic (exact) mass is 245 g/mol. The molecule has 0 saturated carbocycles. The summed E-state index contributed by atoms with van der Waals surface area (Å²) in [5.41, 5.74) is 8.21. The van der Waals surface area contributed by atoms with E-state index in [9.17, 15) is 4.79 Å². The van der Waals surface area contributed by atoms with Gasteiger partial charge in [-0.1, -0.05) is 12.1 Å². The Hall–Kier alpha value is -2.50. The maximum atomic E-state index is 11.6. The summed E-state index contributed by atoms with van der Waals surface area (Å²) < 4.78 is 0. The number of aromatic amines is 1. The second kappa shape index (κ2) is 5.22. The van der Waals surface area contributed by atoms with Crippen molar-refractivity contribution in [2.75, 3.05) is 11.1 Å². The molecule has 2 aromatic rings. The number of urea groups is 1. The van der Waals surface area contributed by atoms with E-state index in [1.165, 1.54) is 0 Å². The third kappa shape index (κ3) is 3.00. The number of hydrogen-bond donors (Lipinski definition) is 4. The smallest absolute Gasteiger partial charge is 0.319 e. The average Bonchev–Trinajstić information content (AvgIpc) is 2.72. The molecule has 0 atom stereocenters. The van der Waals surface area contributed by atoms with Crippen LogP contribution in [0.15, 0.2) is 30.5 Å². The summed E-state index contributed by atoms with van der Waals surface area (Å²) in [6.07, 6.45) is 1.59. The Labute approximate surface area is 105 Å². The Morgan fingerprint density at radius 1 is 1.50 bits per heavy atom. The Kier molecular flexibility index (Phi) is 3.47. The molecule has 0 radical (unpaired) electrons. The van der Waals surface area contributed by atoms with Crippen molar-refractivity contribution >= 4 is 17.5 Å². The van der Waals surface area contributed by atoms with Crippen LogP contribution in [0.1, 0.15) is 11.1 Å². The lowest BCUT2D eigenvalue weighted by Crippen LogP contribution is -2.28. The standard InChI is InChI=1S/C12H15N5O/c1-8-3-2-4-10(5-8)16-12(18)14-6-9-7-15-17-11(9)13/h2-5,7H,6H2,1H3,(H3,13,15,17)(H2,14,16,18). The number of nitrogens with zero attached hydrogens (tertiary/aromatic N) is 1. The molecule has 1 aromatic carbocycles. The van der Waals surface area contributed by atoms with E-state index in [4.69, 9.17) is 5.73 Å². The van der Waals surface area contributed by atoms with Gasteiger partial charge in [-0.3, -0.25) is 5.10 Å². The van der Waals surface area contributed by atoms with Gasteiger partial charge in [-0.05, 0) is 24.6 Å². The summed E-state index contributed by atoms with van der Waals surface area (Å²) in [4.78, 5) is 11.6. The number of carbonyl (C=O) groups excluding carboxylic acids is 1. The van der Waals surface area contributed by atoms with E-state index in [0.29, 0.717) is 12.4 Å². The Balaban J connectivity index is 1.88. The van der Waals surface area contributed by atoms with Crippen LogP contribution < -0.4 is 16.4 Å². The van der Waals surface area contributed by atoms with Crippen LogP contribution in [0.2, 0.25) is 0 Å². The average molecular weight is 245 g/mol. The lowest BCUT2D eigenvalue weighted by Gasteiger charge is -2.07. The summed E-state index contributed by atoms with van der Waals surface area (Å²) in [5, 5.41) is 11.8. The Morgan fingerprint density at radius 2 is 2.33 bits per heavy atom. The number of anilines is 2. The number of nitrogen functional groups attached to an aromatic ring is 1. The van der Waals surface area contributed by atoms with Gasteiger partial charge >= 0.3 is 6.03 Å². The van der Waals surface area contributed by atoms with Crippen molar-refractivity contribution in [3.8, 4) is 0 Å². The van der Waals surface area contributed by atoms with Crippen molar-refractivity contribution in [3.63, 3.8) is 0 Å². The molecule has 1 heterocycles. The SMILES string of the molecule is Cc1cccc(NC(=O)NCc2cn[nH]c2N)c1. The number of aromatic nitrogens is 2. The molecule has 6 nitrogen and oxygen atoms in total. The molecule has 0 spiro atoms. The van der Waals surface area contributed by atoms with Crippen LogP contribution in [0.25, 0.3) is 0 Å². The van der Waals surface area contributed by atoms with E-state index in [1.807, 2.05) is 31.2 Å². The molecule has 0 unspecified atom stereocenters. The number of rotatable bonds is 3. The van der Waals surface area contributed by atoms with E-state index < -0.39 is 0 Å². The van der Waals surface area contributed by atoms with Crippen molar-refractivity contribution in [1.29, 1.82) is 0 Å². The van der Waals surface area contributed by atoms with E-state index in [1.54, 1.807) is 6.20 Å². The zero-order valence-corrected chi connectivity index (χ0v) is 10.0. The van der Waals surface area contributed by atoms with Crippen LogP contribution in [0, 0.1) is 6.92 Å². The maximum Gasteiger partial charge on any atom is 0.319 e. The summed E-state index contributed by atoms with van der Waals surface area (Å²) >= 11 is 0. The van der Waals surface area contributed by atoms with Crippen LogP contribution in [-0.2, 0) is 6.54 Å². The quantitative estimate of drug-likeness (QED) is 0.661. The third-order valence-electron chi connectivity index (χ3n) is 2.47. The van der Waals surface area contributed by atoms with Gasteiger partial charge < -0.3 is 16.4 Å². The highest BCUT2D eigenvalue weighted by Gasteiger charge is 2.04. The number of amides is 2. The number of nitrogens with two attached hydrogens (primary N) is 1. The fourth-order valence-electron chi connectivity index (χ4n) is 1.54. The second-order valence-electron chi connectivity index (χ2n) is 3.99. The van der Waals surface area contributed by atoms with Crippen LogP contribution in [-0.4, -0.2) is 16.2 Å². The number of carbonyl (C=O) groups is 1.